The Hall–Kier alpha value is -1.09. The lowest BCUT2D eigenvalue weighted by Gasteiger charge is -1.99. The van der Waals surface area contributed by atoms with Gasteiger partial charge in [-0.3, -0.25) is 0 Å². The summed E-state index contributed by atoms with van der Waals surface area (Å²) in [4.78, 5) is 0. The number of aromatic nitrogens is 1. The van der Waals surface area contributed by atoms with E-state index in [-0.39, 0.29) is 0 Å². The van der Waals surface area contributed by atoms with E-state index < -0.39 is 0 Å². The maximum Gasteiger partial charge on any atom is 0.138 e. The Bertz CT molecular complexity index is 246. The van der Waals surface area contributed by atoms with Gasteiger partial charge >= 0.3 is 0 Å². The minimum atomic E-state index is 0.799. The number of nitrogens with one attached hydrogen (secondary N) is 1. The smallest absolute Gasteiger partial charge is 0.138 e. The minimum absolute atomic E-state index is 0.799. The van der Waals surface area contributed by atoms with Crippen molar-refractivity contribution in [3.63, 3.8) is 0 Å². The lowest BCUT2D eigenvalue weighted by molar-refractivity contribution is 0.392. The van der Waals surface area contributed by atoms with E-state index in [0.29, 0.717) is 0 Å². The maximum atomic E-state index is 5.01. The molecular weight excluding hydrogens is 152 g/mol. The number of rotatable bonds is 4. The van der Waals surface area contributed by atoms with Gasteiger partial charge in [0.1, 0.15) is 5.76 Å². The number of nitrogens with zero attached hydrogens (tertiary/aromatic N) is 1. The van der Waals surface area contributed by atoms with Crippen molar-refractivity contribution in [3.8, 4) is 0 Å². The van der Waals surface area contributed by atoms with E-state index in [0.717, 1.165) is 30.1 Å². The molecule has 1 heterocycles. The lowest BCUT2D eigenvalue weighted by Crippen LogP contribution is -2.13. The molecule has 0 bridgehead atoms. The normalized spacial score (nSPS) is 10.2. The molecule has 0 amide bonds. The summed E-state index contributed by atoms with van der Waals surface area (Å²) in [6.07, 6.45) is 1.83. The van der Waals surface area contributed by atoms with E-state index in [1.807, 2.05) is 19.9 Å². The van der Waals surface area contributed by atoms with Gasteiger partial charge in [0.15, 0.2) is 0 Å². The largest absolute Gasteiger partial charge is 0.361 e. The molecule has 0 unspecified atom stereocenters. The standard InChI is InChI=1S/C9H14N2O/c1-4-5-10-6-9-7(2)11-12-8(9)3/h4,10H,1,5-6H2,2-3H3. The molecule has 0 atom stereocenters. The van der Waals surface area contributed by atoms with Gasteiger partial charge in [0.2, 0.25) is 0 Å². The molecule has 0 aliphatic carbocycles. The molecule has 3 heteroatoms. The number of aryl methyl sites for hydroxylation is 2. The predicted octanol–water partition coefficient (Wildman–Crippen LogP) is 1.57. The molecule has 12 heavy (non-hydrogen) atoms. The second-order valence-corrected chi connectivity index (χ2v) is 2.72. The van der Waals surface area contributed by atoms with Crippen LogP contribution in [-0.2, 0) is 6.54 Å². The summed E-state index contributed by atoms with van der Waals surface area (Å²) < 4.78 is 5.01. The molecule has 66 valence electrons. The first-order chi connectivity index (χ1) is 5.75. The highest BCUT2D eigenvalue weighted by molar-refractivity contribution is 5.20. The SMILES string of the molecule is C=CCNCc1c(C)noc1C. The van der Waals surface area contributed by atoms with Crippen LogP contribution in [0.3, 0.4) is 0 Å². The fourth-order valence-electron chi connectivity index (χ4n) is 1.05. The van der Waals surface area contributed by atoms with Crippen LogP contribution in [0.5, 0.6) is 0 Å². The van der Waals surface area contributed by atoms with Crippen LogP contribution < -0.4 is 5.32 Å². The highest BCUT2D eigenvalue weighted by Crippen LogP contribution is 2.10. The Morgan fingerprint density at radius 2 is 2.33 bits per heavy atom. The van der Waals surface area contributed by atoms with Crippen molar-refractivity contribution in [1.29, 1.82) is 0 Å². The fourth-order valence-corrected chi connectivity index (χ4v) is 1.05. The zero-order valence-corrected chi connectivity index (χ0v) is 7.55. The van der Waals surface area contributed by atoms with Crippen molar-refractivity contribution >= 4 is 0 Å². The molecule has 0 saturated heterocycles. The quantitative estimate of drug-likeness (QED) is 0.545. The summed E-state index contributed by atoms with van der Waals surface area (Å²) in [5, 5.41) is 7.06. The lowest BCUT2D eigenvalue weighted by atomic mass is 10.2. The van der Waals surface area contributed by atoms with Crippen molar-refractivity contribution in [2.75, 3.05) is 6.54 Å². The van der Waals surface area contributed by atoms with Gasteiger partial charge in [0.25, 0.3) is 0 Å². The second kappa shape index (κ2) is 4.07. The van der Waals surface area contributed by atoms with Gasteiger partial charge in [0.05, 0.1) is 5.69 Å². The molecule has 0 saturated carbocycles. The van der Waals surface area contributed by atoms with Crippen LogP contribution in [0.2, 0.25) is 0 Å². The number of hydrogen-bond donors (Lipinski definition) is 1. The van der Waals surface area contributed by atoms with E-state index in [1.165, 1.54) is 0 Å². The highest BCUT2D eigenvalue weighted by Gasteiger charge is 2.06. The average molecular weight is 166 g/mol. The van der Waals surface area contributed by atoms with Gasteiger partial charge in [0, 0.05) is 18.7 Å². The van der Waals surface area contributed by atoms with E-state index >= 15 is 0 Å². The van der Waals surface area contributed by atoms with Gasteiger partial charge in [-0.2, -0.15) is 0 Å². The van der Waals surface area contributed by atoms with Crippen molar-refractivity contribution < 1.29 is 4.52 Å². The molecule has 0 aliphatic rings. The van der Waals surface area contributed by atoms with Crippen molar-refractivity contribution in [2.45, 2.75) is 20.4 Å². The summed E-state index contributed by atoms with van der Waals surface area (Å²) in [6, 6.07) is 0. The van der Waals surface area contributed by atoms with Crippen molar-refractivity contribution in [1.82, 2.24) is 10.5 Å². The van der Waals surface area contributed by atoms with E-state index in [1.54, 1.807) is 0 Å². The van der Waals surface area contributed by atoms with Crippen LogP contribution in [0.1, 0.15) is 17.0 Å². The van der Waals surface area contributed by atoms with Crippen LogP contribution >= 0.6 is 0 Å². The van der Waals surface area contributed by atoms with Crippen LogP contribution in [0.15, 0.2) is 17.2 Å². The third-order valence-corrected chi connectivity index (χ3v) is 1.77. The first-order valence-corrected chi connectivity index (χ1v) is 3.99. The van der Waals surface area contributed by atoms with Crippen LogP contribution in [0.25, 0.3) is 0 Å². The molecular formula is C9H14N2O. The van der Waals surface area contributed by atoms with Crippen molar-refractivity contribution in [3.05, 3.63) is 29.7 Å². The summed E-state index contributed by atoms with van der Waals surface area (Å²) in [6.45, 7) is 9.10. The van der Waals surface area contributed by atoms with E-state index in [2.05, 4.69) is 17.1 Å². The molecule has 0 spiro atoms. The van der Waals surface area contributed by atoms with Crippen molar-refractivity contribution in [2.24, 2.45) is 0 Å². The van der Waals surface area contributed by atoms with Gasteiger partial charge in [-0.05, 0) is 13.8 Å². The van der Waals surface area contributed by atoms with Crippen LogP contribution in [0.4, 0.5) is 0 Å². The molecule has 0 fully saturated rings. The Morgan fingerprint density at radius 1 is 1.58 bits per heavy atom. The summed E-state index contributed by atoms with van der Waals surface area (Å²) in [7, 11) is 0. The molecule has 1 aromatic rings. The van der Waals surface area contributed by atoms with E-state index in [9.17, 15) is 0 Å². The number of hydrogen-bond acceptors (Lipinski definition) is 3. The second-order valence-electron chi connectivity index (χ2n) is 2.72. The van der Waals surface area contributed by atoms with Crippen LogP contribution in [0, 0.1) is 13.8 Å². The molecule has 1 rings (SSSR count). The molecule has 3 nitrogen and oxygen atoms in total. The monoisotopic (exact) mass is 166 g/mol. The first-order valence-electron chi connectivity index (χ1n) is 3.99. The fraction of sp³-hybridized carbons (Fsp3) is 0.444. The summed E-state index contributed by atoms with van der Waals surface area (Å²) in [5.41, 5.74) is 2.11. The summed E-state index contributed by atoms with van der Waals surface area (Å²) in [5.74, 6) is 0.893. The van der Waals surface area contributed by atoms with Gasteiger partial charge in [-0.15, -0.1) is 6.58 Å². The summed E-state index contributed by atoms with van der Waals surface area (Å²) >= 11 is 0. The Balaban J connectivity index is 2.55. The highest BCUT2D eigenvalue weighted by atomic mass is 16.5. The Morgan fingerprint density at radius 3 is 2.83 bits per heavy atom. The predicted molar refractivity (Wildman–Crippen MR) is 47.9 cm³/mol. The van der Waals surface area contributed by atoms with Gasteiger partial charge in [-0.1, -0.05) is 11.2 Å². The van der Waals surface area contributed by atoms with Gasteiger partial charge < -0.3 is 9.84 Å². The zero-order chi connectivity index (χ0) is 8.97. The molecule has 1 N–H and O–H groups in total. The average Bonchev–Trinajstić information content (AvgIpc) is 2.35. The molecule has 0 aliphatic heterocycles. The third kappa shape index (κ3) is 1.95. The molecule has 0 aromatic carbocycles. The third-order valence-electron chi connectivity index (χ3n) is 1.77. The minimum Gasteiger partial charge on any atom is -0.361 e. The molecule has 0 radical (unpaired) electrons. The topological polar surface area (TPSA) is 38.1 Å². The Labute approximate surface area is 72.4 Å². The molecule has 1 aromatic heterocycles. The van der Waals surface area contributed by atoms with Gasteiger partial charge in [-0.25, -0.2) is 0 Å². The van der Waals surface area contributed by atoms with E-state index in [4.69, 9.17) is 4.52 Å². The maximum absolute atomic E-state index is 5.01. The first kappa shape index (κ1) is 9.00. The zero-order valence-electron chi connectivity index (χ0n) is 7.55. The Kier molecular flexibility index (Phi) is 3.05. The van der Waals surface area contributed by atoms with Crippen LogP contribution in [-0.4, -0.2) is 11.7 Å².